The number of nitrogens with two attached hydrogens (primary N) is 1. The van der Waals surface area contributed by atoms with E-state index < -0.39 is 32.3 Å². The Balaban J connectivity index is 2.36. The Bertz CT molecular complexity index is 723. The topological polar surface area (TPSA) is 95.2 Å². The summed E-state index contributed by atoms with van der Waals surface area (Å²) < 4.78 is 54.3. The van der Waals surface area contributed by atoms with E-state index >= 15 is 0 Å². The molecule has 0 radical (unpaired) electrons. The third-order valence-corrected chi connectivity index (χ3v) is 3.16. The molecule has 0 saturated heterocycles. The molecule has 1 heterocycles. The normalized spacial score (nSPS) is 11.3. The van der Waals surface area contributed by atoms with Gasteiger partial charge < -0.3 is 4.74 Å². The summed E-state index contributed by atoms with van der Waals surface area (Å²) in [7, 11) is -4.33. The van der Waals surface area contributed by atoms with Gasteiger partial charge in [0.25, 0.3) is 0 Å². The molecule has 9 heteroatoms. The summed E-state index contributed by atoms with van der Waals surface area (Å²) in [6.45, 7) is -0.286. The van der Waals surface area contributed by atoms with Gasteiger partial charge in [0.05, 0.1) is 0 Å². The number of hydrogen-bond acceptors (Lipinski definition) is 5. The zero-order valence-corrected chi connectivity index (χ0v) is 10.8. The first-order valence-corrected chi connectivity index (χ1v) is 6.83. The first-order valence-electron chi connectivity index (χ1n) is 5.28. The van der Waals surface area contributed by atoms with Gasteiger partial charge >= 0.3 is 0 Å². The van der Waals surface area contributed by atoms with Crippen LogP contribution in [0.15, 0.2) is 35.5 Å². The monoisotopic (exact) mass is 301 g/mol. The summed E-state index contributed by atoms with van der Waals surface area (Å²) in [6, 6.07) is 2.65. The molecule has 106 valence electrons. The van der Waals surface area contributed by atoms with Crippen molar-refractivity contribution in [1.29, 1.82) is 0 Å². The van der Waals surface area contributed by atoms with Gasteiger partial charge in [0, 0.05) is 18.5 Å². The fourth-order valence-electron chi connectivity index (χ4n) is 1.43. The predicted octanol–water partition coefficient (Wildman–Crippen LogP) is 0.981. The van der Waals surface area contributed by atoms with Crippen molar-refractivity contribution in [1.82, 2.24) is 9.97 Å². The van der Waals surface area contributed by atoms with Gasteiger partial charge in [-0.1, -0.05) is 0 Å². The van der Waals surface area contributed by atoms with Crippen molar-refractivity contribution < 1.29 is 21.9 Å². The SMILES string of the molecule is NS(=O)(=O)c1cc(F)cc(F)c1OCc1ncccn1. The molecule has 0 bridgehead atoms. The van der Waals surface area contributed by atoms with Gasteiger partial charge in [-0.25, -0.2) is 32.3 Å². The van der Waals surface area contributed by atoms with Crippen LogP contribution in [-0.4, -0.2) is 18.4 Å². The van der Waals surface area contributed by atoms with Crippen LogP contribution < -0.4 is 9.88 Å². The number of hydrogen-bond donors (Lipinski definition) is 1. The molecule has 20 heavy (non-hydrogen) atoms. The second kappa shape index (κ2) is 5.47. The number of benzene rings is 1. The summed E-state index contributed by atoms with van der Waals surface area (Å²) in [5.41, 5.74) is 0. The molecule has 0 unspecified atom stereocenters. The summed E-state index contributed by atoms with van der Waals surface area (Å²) in [4.78, 5) is 6.87. The predicted molar refractivity (Wildman–Crippen MR) is 64.1 cm³/mol. The van der Waals surface area contributed by atoms with Crippen molar-refractivity contribution in [3.05, 3.63) is 48.1 Å². The van der Waals surface area contributed by atoms with Crippen LogP contribution in [0.25, 0.3) is 0 Å². The Labute approximate surface area is 113 Å². The second-order valence-electron chi connectivity index (χ2n) is 3.71. The molecule has 0 spiro atoms. The zero-order chi connectivity index (χ0) is 14.8. The highest BCUT2D eigenvalue weighted by Crippen LogP contribution is 2.28. The number of primary sulfonamides is 1. The molecule has 0 fully saturated rings. The lowest BCUT2D eigenvalue weighted by Crippen LogP contribution is -2.15. The summed E-state index contributed by atoms with van der Waals surface area (Å²) in [5, 5.41) is 4.89. The first kappa shape index (κ1) is 14.3. The maximum atomic E-state index is 13.6. The van der Waals surface area contributed by atoms with E-state index in [4.69, 9.17) is 9.88 Å². The van der Waals surface area contributed by atoms with E-state index in [2.05, 4.69) is 9.97 Å². The van der Waals surface area contributed by atoms with Crippen molar-refractivity contribution in [2.75, 3.05) is 0 Å². The number of halogens is 2. The van der Waals surface area contributed by atoms with Crippen LogP contribution in [0.1, 0.15) is 5.82 Å². The summed E-state index contributed by atoms with van der Waals surface area (Å²) >= 11 is 0. The summed E-state index contributed by atoms with van der Waals surface area (Å²) in [6.07, 6.45) is 2.88. The molecule has 2 aromatic rings. The highest BCUT2D eigenvalue weighted by atomic mass is 32.2. The van der Waals surface area contributed by atoms with Gasteiger partial charge in [0.1, 0.15) is 17.3 Å². The van der Waals surface area contributed by atoms with Crippen molar-refractivity contribution in [3.8, 4) is 5.75 Å². The maximum Gasteiger partial charge on any atom is 0.241 e. The molecule has 6 nitrogen and oxygen atoms in total. The van der Waals surface area contributed by atoms with Crippen molar-refractivity contribution >= 4 is 10.0 Å². The second-order valence-corrected chi connectivity index (χ2v) is 5.24. The highest BCUT2D eigenvalue weighted by Gasteiger charge is 2.21. The molecule has 0 atom stereocenters. The fraction of sp³-hybridized carbons (Fsp3) is 0.0909. The first-order chi connectivity index (χ1) is 9.38. The third kappa shape index (κ3) is 3.25. The molecular weight excluding hydrogens is 292 g/mol. The average molecular weight is 301 g/mol. The lowest BCUT2D eigenvalue weighted by Gasteiger charge is -2.10. The van der Waals surface area contributed by atoms with Crippen LogP contribution in [-0.2, 0) is 16.6 Å². The van der Waals surface area contributed by atoms with Gasteiger partial charge in [-0.05, 0) is 12.1 Å². The average Bonchev–Trinajstić information content (AvgIpc) is 2.37. The maximum absolute atomic E-state index is 13.6. The number of sulfonamides is 1. The van der Waals surface area contributed by atoms with Crippen molar-refractivity contribution in [3.63, 3.8) is 0 Å². The van der Waals surface area contributed by atoms with Crippen molar-refractivity contribution in [2.45, 2.75) is 11.5 Å². The standard InChI is InChI=1S/C11H9F2N3O3S/c12-7-4-8(13)11(9(5-7)20(14,17)18)19-6-10-15-2-1-3-16-10/h1-5H,6H2,(H2,14,17,18). The van der Waals surface area contributed by atoms with E-state index in [1.807, 2.05) is 0 Å². The Morgan fingerprint density at radius 3 is 2.45 bits per heavy atom. The number of ether oxygens (including phenoxy) is 1. The molecule has 1 aromatic heterocycles. The van der Waals surface area contributed by atoms with E-state index in [1.165, 1.54) is 12.4 Å². The number of nitrogens with zero attached hydrogens (tertiary/aromatic N) is 2. The number of aromatic nitrogens is 2. The van der Waals surface area contributed by atoms with Crippen LogP contribution >= 0.6 is 0 Å². The van der Waals surface area contributed by atoms with Gasteiger partial charge in [0.2, 0.25) is 10.0 Å². The Morgan fingerprint density at radius 2 is 1.85 bits per heavy atom. The van der Waals surface area contributed by atoms with Crippen LogP contribution in [0.3, 0.4) is 0 Å². The van der Waals surface area contributed by atoms with E-state index in [0.29, 0.717) is 12.1 Å². The zero-order valence-electron chi connectivity index (χ0n) is 9.95. The minimum atomic E-state index is -4.33. The smallest absolute Gasteiger partial charge is 0.241 e. The molecule has 0 amide bonds. The molecule has 2 N–H and O–H groups in total. The lowest BCUT2D eigenvalue weighted by atomic mass is 10.3. The van der Waals surface area contributed by atoms with Crippen LogP contribution in [0.5, 0.6) is 5.75 Å². The summed E-state index contributed by atoms with van der Waals surface area (Å²) in [5.74, 6) is -2.71. The Kier molecular flexibility index (Phi) is 3.91. The Hall–Kier alpha value is -2.13. The minimum Gasteiger partial charge on any atom is -0.481 e. The van der Waals surface area contributed by atoms with Crippen LogP contribution in [0, 0.1) is 11.6 Å². The van der Waals surface area contributed by atoms with E-state index in [-0.39, 0.29) is 12.4 Å². The van der Waals surface area contributed by atoms with Gasteiger partial charge in [-0.3, -0.25) is 0 Å². The van der Waals surface area contributed by atoms with E-state index in [1.54, 1.807) is 6.07 Å². The van der Waals surface area contributed by atoms with Crippen LogP contribution in [0.2, 0.25) is 0 Å². The highest BCUT2D eigenvalue weighted by molar-refractivity contribution is 7.89. The fourth-order valence-corrected chi connectivity index (χ4v) is 2.12. The number of rotatable bonds is 4. The third-order valence-electron chi connectivity index (χ3n) is 2.25. The molecule has 0 aliphatic carbocycles. The largest absolute Gasteiger partial charge is 0.481 e. The molecule has 0 aliphatic rings. The van der Waals surface area contributed by atoms with E-state index in [9.17, 15) is 17.2 Å². The molecule has 2 rings (SSSR count). The van der Waals surface area contributed by atoms with Gasteiger partial charge in [-0.15, -0.1) is 0 Å². The molecular formula is C11H9F2N3O3S. The molecule has 0 aliphatic heterocycles. The minimum absolute atomic E-state index is 0.205. The molecule has 0 saturated carbocycles. The molecule has 1 aromatic carbocycles. The van der Waals surface area contributed by atoms with Gasteiger partial charge in [-0.2, -0.15) is 0 Å². The Morgan fingerprint density at radius 1 is 1.20 bits per heavy atom. The lowest BCUT2D eigenvalue weighted by molar-refractivity contribution is 0.271. The van der Waals surface area contributed by atoms with E-state index in [0.717, 1.165) is 0 Å². The van der Waals surface area contributed by atoms with Gasteiger partial charge in [0.15, 0.2) is 17.4 Å². The quantitative estimate of drug-likeness (QED) is 0.908. The van der Waals surface area contributed by atoms with Crippen LogP contribution in [0.4, 0.5) is 8.78 Å². The van der Waals surface area contributed by atoms with Crippen molar-refractivity contribution in [2.24, 2.45) is 5.14 Å².